The fourth-order valence-electron chi connectivity index (χ4n) is 3.44. The van der Waals surface area contributed by atoms with E-state index in [4.69, 9.17) is 4.74 Å². The molecule has 0 aliphatic rings. The molecule has 35 heavy (non-hydrogen) atoms. The van der Waals surface area contributed by atoms with Crippen LogP contribution in [-0.2, 0) is 26.2 Å². The van der Waals surface area contributed by atoms with Gasteiger partial charge in [-0.15, -0.1) is 0 Å². The Labute approximate surface area is 207 Å². The minimum Gasteiger partial charge on any atom is -0.492 e. The lowest BCUT2D eigenvalue weighted by Crippen LogP contribution is -2.51. The lowest BCUT2D eigenvalue weighted by atomic mass is 10.1. The maximum atomic E-state index is 13.5. The van der Waals surface area contributed by atoms with Gasteiger partial charge in [0.2, 0.25) is 21.8 Å². The van der Waals surface area contributed by atoms with E-state index in [1.54, 1.807) is 38.1 Å². The first-order chi connectivity index (χ1) is 16.6. The summed E-state index contributed by atoms with van der Waals surface area (Å²) in [5.41, 5.74) is 0.834. The zero-order valence-electron chi connectivity index (χ0n) is 20.7. The molecule has 1 N–H and O–H groups in total. The van der Waals surface area contributed by atoms with Crippen LogP contribution in [0, 0.1) is 5.82 Å². The van der Waals surface area contributed by atoms with E-state index in [0.717, 1.165) is 23.4 Å². The second-order valence-electron chi connectivity index (χ2n) is 8.14. The van der Waals surface area contributed by atoms with Gasteiger partial charge in [-0.3, -0.25) is 13.9 Å². The van der Waals surface area contributed by atoms with Crippen molar-refractivity contribution in [2.24, 2.45) is 0 Å². The fraction of sp³-hybridized carbons (Fsp3) is 0.440. The lowest BCUT2D eigenvalue weighted by molar-refractivity contribution is -0.139. The van der Waals surface area contributed by atoms with Gasteiger partial charge in [0.05, 0.1) is 18.6 Å². The number of amides is 2. The molecule has 0 aliphatic carbocycles. The average Bonchev–Trinajstić information content (AvgIpc) is 2.81. The maximum Gasteiger partial charge on any atom is 0.244 e. The van der Waals surface area contributed by atoms with Crippen molar-refractivity contribution in [3.8, 4) is 5.75 Å². The quantitative estimate of drug-likeness (QED) is 0.420. The number of ether oxygens (including phenoxy) is 1. The summed E-state index contributed by atoms with van der Waals surface area (Å²) in [5, 5.41) is 2.81. The van der Waals surface area contributed by atoms with Crippen molar-refractivity contribution in [1.82, 2.24) is 10.2 Å². The highest BCUT2D eigenvalue weighted by atomic mass is 32.2. The molecule has 2 rings (SSSR count). The summed E-state index contributed by atoms with van der Waals surface area (Å²) in [5.74, 6) is -1.03. The number of carbonyl (C=O) groups is 2. The summed E-state index contributed by atoms with van der Waals surface area (Å²) >= 11 is 0. The van der Waals surface area contributed by atoms with Crippen LogP contribution in [0.15, 0.2) is 48.5 Å². The van der Waals surface area contributed by atoms with Gasteiger partial charge in [-0.05, 0) is 50.1 Å². The van der Waals surface area contributed by atoms with E-state index in [1.165, 1.54) is 29.2 Å². The Kier molecular flexibility index (Phi) is 10.5. The number of benzene rings is 2. The number of hydrogen-bond acceptors (Lipinski definition) is 5. The van der Waals surface area contributed by atoms with Crippen LogP contribution >= 0.6 is 0 Å². The normalized spacial score (nSPS) is 12.0. The van der Waals surface area contributed by atoms with Gasteiger partial charge in [-0.2, -0.15) is 0 Å². The van der Waals surface area contributed by atoms with Gasteiger partial charge in [0.15, 0.2) is 0 Å². The fourth-order valence-corrected chi connectivity index (χ4v) is 4.29. The SMILES string of the molecule is CCCCNC(=O)C(C)N(Cc1ccc(F)cc1)C(=O)CN(c1ccccc1OCC)S(C)(=O)=O. The number of sulfonamides is 1. The number of anilines is 1. The first kappa shape index (κ1) is 28.1. The van der Waals surface area contributed by atoms with E-state index in [0.29, 0.717) is 24.5 Å². The van der Waals surface area contributed by atoms with Crippen LogP contribution in [0.25, 0.3) is 0 Å². The molecule has 0 heterocycles. The molecule has 1 unspecified atom stereocenters. The first-order valence-corrected chi connectivity index (χ1v) is 13.4. The molecule has 2 amide bonds. The van der Waals surface area contributed by atoms with Gasteiger partial charge in [0.1, 0.15) is 24.2 Å². The molecule has 0 radical (unpaired) electrons. The third-order valence-electron chi connectivity index (χ3n) is 5.38. The molecule has 0 fully saturated rings. The van der Waals surface area contributed by atoms with Crippen LogP contribution in [0.2, 0.25) is 0 Å². The molecular formula is C25H34FN3O5S. The van der Waals surface area contributed by atoms with Crippen molar-refractivity contribution >= 4 is 27.5 Å². The molecule has 0 aromatic heterocycles. The molecule has 192 valence electrons. The van der Waals surface area contributed by atoms with Gasteiger partial charge in [0.25, 0.3) is 0 Å². The monoisotopic (exact) mass is 507 g/mol. The summed E-state index contributed by atoms with van der Waals surface area (Å²) in [7, 11) is -3.87. The minimum absolute atomic E-state index is 0.00614. The van der Waals surface area contributed by atoms with Crippen LogP contribution in [0.4, 0.5) is 10.1 Å². The molecule has 0 saturated carbocycles. The molecule has 0 aliphatic heterocycles. The van der Waals surface area contributed by atoms with E-state index in [1.807, 2.05) is 6.92 Å². The van der Waals surface area contributed by atoms with Crippen molar-refractivity contribution in [2.45, 2.75) is 46.2 Å². The standard InChI is InChI=1S/C25H34FN3O5S/c1-5-7-16-27-25(31)19(3)28(17-20-12-14-21(26)15-13-20)24(30)18-29(35(4,32)33)22-10-8-9-11-23(22)34-6-2/h8-15,19H,5-7,16-18H2,1-4H3,(H,27,31). The third-order valence-corrected chi connectivity index (χ3v) is 6.50. The van der Waals surface area contributed by atoms with E-state index >= 15 is 0 Å². The van der Waals surface area contributed by atoms with Crippen LogP contribution in [0.3, 0.4) is 0 Å². The zero-order chi connectivity index (χ0) is 26.0. The predicted molar refractivity (Wildman–Crippen MR) is 134 cm³/mol. The van der Waals surface area contributed by atoms with E-state index in [9.17, 15) is 22.4 Å². The van der Waals surface area contributed by atoms with Crippen LogP contribution in [0.1, 0.15) is 39.2 Å². The number of hydrogen-bond donors (Lipinski definition) is 1. The number of nitrogens with zero attached hydrogens (tertiary/aromatic N) is 2. The van der Waals surface area contributed by atoms with Crippen LogP contribution < -0.4 is 14.4 Å². The van der Waals surface area contributed by atoms with Crippen molar-refractivity contribution in [1.29, 1.82) is 0 Å². The Bertz CT molecular complexity index is 1090. The average molecular weight is 508 g/mol. The summed E-state index contributed by atoms with van der Waals surface area (Å²) in [6.45, 7) is 5.62. The smallest absolute Gasteiger partial charge is 0.244 e. The van der Waals surface area contributed by atoms with Crippen molar-refractivity contribution in [3.05, 3.63) is 59.9 Å². The summed E-state index contributed by atoms with van der Waals surface area (Å²) in [4.78, 5) is 27.6. The highest BCUT2D eigenvalue weighted by molar-refractivity contribution is 7.92. The van der Waals surface area contributed by atoms with Crippen LogP contribution in [-0.4, -0.2) is 57.1 Å². The third kappa shape index (κ3) is 8.24. The number of nitrogens with one attached hydrogen (secondary N) is 1. The van der Waals surface area contributed by atoms with Crippen molar-refractivity contribution in [2.75, 3.05) is 30.3 Å². The van der Waals surface area contributed by atoms with Gasteiger partial charge < -0.3 is 15.0 Å². The number of para-hydroxylation sites is 2. The number of carbonyl (C=O) groups excluding carboxylic acids is 2. The van der Waals surface area contributed by atoms with Gasteiger partial charge in [0, 0.05) is 13.1 Å². The Morgan fingerprint density at radius 1 is 1.09 bits per heavy atom. The molecule has 2 aromatic rings. The highest BCUT2D eigenvalue weighted by Crippen LogP contribution is 2.30. The number of rotatable bonds is 13. The van der Waals surface area contributed by atoms with Gasteiger partial charge in [-0.1, -0.05) is 37.6 Å². The predicted octanol–water partition coefficient (Wildman–Crippen LogP) is 3.32. The highest BCUT2D eigenvalue weighted by Gasteiger charge is 2.31. The molecule has 1 atom stereocenters. The van der Waals surface area contributed by atoms with Crippen LogP contribution in [0.5, 0.6) is 5.75 Å². The molecule has 0 saturated heterocycles. The van der Waals surface area contributed by atoms with Gasteiger partial charge >= 0.3 is 0 Å². The number of halogens is 1. The lowest BCUT2D eigenvalue weighted by Gasteiger charge is -2.32. The zero-order valence-corrected chi connectivity index (χ0v) is 21.5. The molecule has 10 heteroatoms. The Morgan fingerprint density at radius 2 is 1.74 bits per heavy atom. The largest absolute Gasteiger partial charge is 0.492 e. The van der Waals surface area contributed by atoms with Gasteiger partial charge in [-0.25, -0.2) is 12.8 Å². The van der Waals surface area contributed by atoms with E-state index in [-0.39, 0.29) is 18.1 Å². The summed E-state index contributed by atoms with van der Waals surface area (Å²) in [6.07, 6.45) is 2.70. The molecule has 2 aromatic carbocycles. The molecule has 0 spiro atoms. The molecule has 0 bridgehead atoms. The van der Waals surface area contributed by atoms with E-state index in [2.05, 4.69) is 5.32 Å². The Hall–Kier alpha value is -3.14. The van der Waals surface area contributed by atoms with Crippen molar-refractivity contribution < 1.29 is 27.1 Å². The Balaban J connectivity index is 2.38. The summed E-state index contributed by atoms with van der Waals surface area (Å²) in [6, 6.07) is 11.3. The number of unbranched alkanes of at least 4 members (excludes halogenated alkanes) is 1. The summed E-state index contributed by atoms with van der Waals surface area (Å²) < 4.78 is 45.3. The topological polar surface area (TPSA) is 96.0 Å². The van der Waals surface area contributed by atoms with Crippen molar-refractivity contribution in [3.63, 3.8) is 0 Å². The molecular weight excluding hydrogens is 473 g/mol. The second-order valence-corrected chi connectivity index (χ2v) is 10.0. The minimum atomic E-state index is -3.87. The maximum absolute atomic E-state index is 13.5. The second kappa shape index (κ2) is 13.1. The molecule has 8 nitrogen and oxygen atoms in total. The Morgan fingerprint density at radius 3 is 2.34 bits per heavy atom. The first-order valence-electron chi connectivity index (χ1n) is 11.6. The van der Waals surface area contributed by atoms with E-state index < -0.39 is 34.3 Å².